The van der Waals surface area contributed by atoms with Crippen LogP contribution < -0.4 is 10.6 Å². The first-order valence-electron chi connectivity index (χ1n) is 10.7. The van der Waals surface area contributed by atoms with Crippen LogP contribution in [0.1, 0.15) is 73.4 Å². The van der Waals surface area contributed by atoms with Crippen LogP contribution in [0.5, 0.6) is 0 Å². The lowest BCUT2D eigenvalue weighted by Crippen LogP contribution is -2.47. The average molecular weight is 424 g/mol. The Labute approximate surface area is 179 Å². The van der Waals surface area contributed by atoms with Crippen molar-refractivity contribution < 1.29 is 9.53 Å². The normalized spacial score (nSPS) is 17.4. The first kappa shape index (κ1) is 23.6. The second kappa shape index (κ2) is 11.5. The Kier molecular flexibility index (Phi) is 9.36. The summed E-state index contributed by atoms with van der Waals surface area (Å²) in [6.07, 6.45) is 3.77. The molecule has 8 heteroatoms. The lowest BCUT2D eigenvalue weighted by atomic mass is 10.0. The van der Waals surface area contributed by atoms with E-state index >= 15 is 0 Å². The molecule has 0 bridgehead atoms. The maximum atomic E-state index is 12.1. The highest BCUT2D eigenvalue weighted by Crippen LogP contribution is 2.24. The molecule has 1 aromatic heterocycles. The molecule has 0 spiro atoms. The molecule has 2 heterocycles. The number of guanidine groups is 1. The third-order valence-corrected chi connectivity index (χ3v) is 6.45. The molecule has 2 rings (SSSR count). The van der Waals surface area contributed by atoms with Crippen molar-refractivity contribution in [3.63, 3.8) is 0 Å². The van der Waals surface area contributed by atoms with Crippen LogP contribution in [0.4, 0.5) is 0 Å². The van der Waals surface area contributed by atoms with Gasteiger partial charge in [-0.15, -0.1) is 11.3 Å². The summed E-state index contributed by atoms with van der Waals surface area (Å²) in [7, 11) is 1.78. The summed E-state index contributed by atoms with van der Waals surface area (Å²) in [6.45, 7) is 13.9. The van der Waals surface area contributed by atoms with Gasteiger partial charge in [0.05, 0.1) is 18.3 Å². The molecule has 1 saturated heterocycles. The second-order valence-corrected chi connectivity index (χ2v) is 9.06. The summed E-state index contributed by atoms with van der Waals surface area (Å²) in [6, 6.07) is 0.465. The van der Waals surface area contributed by atoms with Gasteiger partial charge in [0.15, 0.2) is 5.96 Å². The van der Waals surface area contributed by atoms with E-state index in [1.165, 1.54) is 43.7 Å². The highest BCUT2D eigenvalue weighted by molar-refractivity contribution is 7.13. The van der Waals surface area contributed by atoms with Crippen molar-refractivity contribution >= 4 is 23.3 Å². The number of nitrogens with one attached hydrogen (secondary N) is 2. The topological polar surface area (TPSA) is 78.8 Å². The van der Waals surface area contributed by atoms with Gasteiger partial charge in [-0.25, -0.2) is 9.78 Å². The van der Waals surface area contributed by atoms with Crippen LogP contribution in [0.15, 0.2) is 4.99 Å². The first-order valence-corrected chi connectivity index (χ1v) is 11.5. The molecule has 1 aliphatic heterocycles. The summed E-state index contributed by atoms with van der Waals surface area (Å²) < 4.78 is 5.12. The van der Waals surface area contributed by atoms with Crippen molar-refractivity contribution in [3.05, 3.63) is 15.6 Å². The molecule has 29 heavy (non-hydrogen) atoms. The number of thiazole rings is 1. The Morgan fingerprint density at radius 1 is 1.31 bits per heavy atom. The SMILES string of the molecule is CCOC(=O)c1sc(C(C)NC(=NC)NCC(CC(C)C)N2CCCC2)nc1C. The monoisotopic (exact) mass is 423 g/mol. The van der Waals surface area contributed by atoms with E-state index in [1.807, 2.05) is 20.8 Å². The lowest BCUT2D eigenvalue weighted by Gasteiger charge is -2.30. The summed E-state index contributed by atoms with van der Waals surface area (Å²) >= 11 is 1.38. The fourth-order valence-electron chi connectivity index (χ4n) is 3.68. The number of aromatic nitrogens is 1. The van der Waals surface area contributed by atoms with Crippen molar-refractivity contribution in [3.8, 4) is 0 Å². The lowest BCUT2D eigenvalue weighted by molar-refractivity contribution is 0.0531. The Hall–Kier alpha value is -1.67. The van der Waals surface area contributed by atoms with Gasteiger partial charge in [-0.05, 0) is 59.0 Å². The quantitative estimate of drug-likeness (QED) is 0.360. The number of nitrogens with zero attached hydrogens (tertiary/aromatic N) is 3. The number of likely N-dealkylation sites (tertiary alicyclic amines) is 1. The number of carbonyl (C=O) groups excluding carboxylic acids is 1. The van der Waals surface area contributed by atoms with Crippen LogP contribution >= 0.6 is 11.3 Å². The minimum atomic E-state index is -0.300. The molecule has 2 N–H and O–H groups in total. The van der Waals surface area contributed by atoms with E-state index in [0.29, 0.717) is 29.1 Å². The molecule has 0 aromatic carbocycles. The van der Waals surface area contributed by atoms with E-state index in [9.17, 15) is 4.79 Å². The van der Waals surface area contributed by atoms with Crippen molar-refractivity contribution in [2.45, 2.75) is 66.0 Å². The van der Waals surface area contributed by atoms with Gasteiger partial charge < -0.3 is 15.4 Å². The van der Waals surface area contributed by atoms with Crippen molar-refractivity contribution in [1.82, 2.24) is 20.5 Å². The zero-order chi connectivity index (χ0) is 21.4. The zero-order valence-corrected chi connectivity index (χ0v) is 19.6. The van der Waals surface area contributed by atoms with Crippen LogP contribution in [0.2, 0.25) is 0 Å². The number of aliphatic imine (C=N–C) groups is 1. The summed E-state index contributed by atoms with van der Waals surface area (Å²) in [5.41, 5.74) is 0.714. The van der Waals surface area contributed by atoms with Crippen molar-refractivity contribution in [1.29, 1.82) is 0 Å². The van der Waals surface area contributed by atoms with Gasteiger partial charge in [-0.1, -0.05) is 13.8 Å². The largest absolute Gasteiger partial charge is 0.462 e. The Morgan fingerprint density at radius 3 is 2.59 bits per heavy atom. The van der Waals surface area contributed by atoms with E-state index < -0.39 is 0 Å². The zero-order valence-electron chi connectivity index (χ0n) is 18.7. The summed E-state index contributed by atoms with van der Waals surface area (Å²) in [5.74, 6) is 1.12. The third kappa shape index (κ3) is 6.96. The van der Waals surface area contributed by atoms with E-state index in [4.69, 9.17) is 4.74 Å². The molecule has 0 aliphatic carbocycles. The molecule has 1 aromatic rings. The highest BCUT2D eigenvalue weighted by Gasteiger charge is 2.24. The number of aryl methyl sites for hydroxylation is 1. The predicted molar refractivity (Wildman–Crippen MR) is 120 cm³/mol. The molecule has 7 nitrogen and oxygen atoms in total. The fourth-order valence-corrected chi connectivity index (χ4v) is 4.64. The smallest absolute Gasteiger partial charge is 0.350 e. The molecule has 0 amide bonds. The van der Waals surface area contributed by atoms with Crippen molar-refractivity contribution in [2.75, 3.05) is 33.3 Å². The van der Waals surface area contributed by atoms with Crippen LogP contribution in [-0.4, -0.2) is 61.1 Å². The Balaban J connectivity index is 1.96. The van der Waals surface area contributed by atoms with E-state index in [1.54, 1.807) is 7.05 Å². The molecule has 1 fully saturated rings. The van der Waals surface area contributed by atoms with Gasteiger partial charge in [0, 0.05) is 19.6 Å². The van der Waals surface area contributed by atoms with E-state index in [0.717, 1.165) is 17.5 Å². The van der Waals surface area contributed by atoms with Gasteiger partial charge in [0.25, 0.3) is 0 Å². The fraction of sp³-hybridized carbons (Fsp3) is 0.762. The minimum absolute atomic E-state index is 0.0524. The van der Waals surface area contributed by atoms with Crippen molar-refractivity contribution in [2.24, 2.45) is 10.9 Å². The molecular weight excluding hydrogens is 386 g/mol. The minimum Gasteiger partial charge on any atom is -0.462 e. The first-order chi connectivity index (χ1) is 13.8. The number of hydrogen-bond acceptors (Lipinski definition) is 6. The molecule has 0 saturated carbocycles. The van der Waals surface area contributed by atoms with Gasteiger partial charge in [-0.2, -0.15) is 0 Å². The number of esters is 1. The van der Waals surface area contributed by atoms with E-state index in [2.05, 4.69) is 39.4 Å². The summed E-state index contributed by atoms with van der Waals surface area (Å²) in [5, 5.41) is 7.76. The third-order valence-electron chi connectivity index (χ3n) is 5.13. The Morgan fingerprint density at radius 2 is 2.00 bits per heavy atom. The van der Waals surface area contributed by atoms with E-state index in [-0.39, 0.29) is 12.0 Å². The average Bonchev–Trinajstić information content (AvgIpc) is 3.33. The summed E-state index contributed by atoms with van der Waals surface area (Å²) in [4.78, 5) is 24.2. The molecular formula is C21H37N5O2S. The molecule has 164 valence electrons. The number of hydrogen-bond donors (Lipinski definition) is 2. The molecule has 2 unspecified atom stereocenters. The maximum Gasteiger partial charge on any atom is 0.350 e. The standard InChI is InChI=1S/C21H37N5O2S/c1-7-28-20(27)18-15(4)24-19(29-18)16(5)25-21(22-6)23-13-17(12-14(2)3)26-10-8-9-11-26/h14,16-17H,7-13H2,1-6H3,(H2,22,23,25). The molecule has 0 radical (unpaired) electrons. The maximum absolute atomic E-state index is 12.1. The van der Waals surface area contributed by atoms with Crippen LogP contribution in [0, 0.1) is 12.8 Å². The van der Waals surface area contributed by atoms with Crippen LogP contribution in [0.25, 0.3) is 0 Å². The molecule has 1 aliphatic rings. The van der Waals surface area contributed by atoms with Crippen LogP contribution in [-0.2, 0) is 4.74 Å². The number of carbonyl (C=O) groups is 1. The second-order valence-electron chi connectivity index (χ2n) is 8.03. The van der Waals surface area contributed by atoms with Gasteiger partial charge >= 0.3 is 5.97 Å². The van der Waals surface area contributed by atoms with Gasteiger partial charge in [0.1, 0.15) is 9.88 Å². The predicted octanol–water partition coefficient (Wildman–Crippen LogP) is 3.36. The number of ether oxygens (including phenoxy) is 1. The highest BCUT2D eigenvalue weighted by atomic mass is 32.1. The van der Waals surface area contributed by atoms with Gasteiger partial charge in [0.2, 0.25) is 0 Å². The van der Waals surface area contributed by atoms with Gasteiger partial charge in [-0.3, -0.25) is 9.89 Å². The molecule has 2 atom stereocenters. The number of rotatable bonds is 9. The van der Waals surface area contributed by atoms with Crippen LogP contribution in [0.3, 0.4) is 0 Å². The Bertz CT molecular complexity index is 683.